The molecule has 4 nitrogen and oxygen atoms in total. The Bertz CT molecular complexity index is 614. The summed E-state index contributed by atoms with van der Waals surface area (Å²) in [7, 11) is 1.93. The summed E-state index contributed by atoms with van der Waals surface area (Å²) in [5.74, 6) is 1.27. The standard InChI is InChI=1S/C13H15ClN4/c1-7-12(8(2)18(3)17-7)13-15-10(9-4-5-9)6-11(14)16-13/h6,9H,4-5H2,1-3H3. The predicted octanol–water partition coefficient (Wildman–Crippen LogP) is 3.02. The smallest absolute Gasteiger partial charge is 0.164 e. The minimum Gasteiger partial charge on any atom is -0.272 e. The third-order valence-corrected chi connectivity index (χ3v) is 3.64. The Hall–Kier alpha value is -1.42. The van der Waals surface area contributed by atoms with Gasteiger partial charge in [-0.1, -0.05) is 11.6 Å². The van der Waals surface area contributed by atoms with Crippen LogP contribution in [0.1, 0.15) is 35.8 Å². The van der Waals surface area contributed by atoms with Crippen molar-refractivity contribution in [1.29, 1.82) is 0 Å². The molecule has 2 aromatic rings. The van der Waals surface area contributed by atoms with Crippen LogP contribution < -0.4 is 0 Å². The number of rotatable bonds is 2. The van der Waals surface area contributed by atoms with Crippen LogP contribution >= 0.6 is 11.6 Å². The summed E-state index contributed by atoms with van der Waals surface area (Å²) in [5.41, 5.74) is 4.07. The van der Waals surface area contributed by atoms with E-state index in [-0.39, 0.29) is 0 Å². The van der Waals surface area contributed by atoms with Crippen LogP contribution in [0.4, 0.5) is 0 Å². The fourth-order valence-electron chi connectivity index (χ4n) is 2.23. The summed E-state index contributed by atoms with van der Waals surface area (Å²) in [6.45, 7) is 4.00. The van der Waals surface area contributed by atoms with Crippen LogP contribution in [0.15, 0.2) is 6.07 Å². The molecular weight excluding hydrogens is 248 g/mol. The van der Waals surface area contributed by atoms with E-state index in [1.807, 2.05) is 31.6 Å². The molecule has 0 saturated heterocycles. The second kappa shape index (κ2) is 4.05. The molecule has 0 aromatic carbocycles. The summed E-state index contributed by atoms with van der Waals surface area (Å²) < 4.78 is 1.85. The van der Waals surface area contributed by atoms with Crippen molar-refractivity contribution in [2.24, 2.45) is 7.05 Å². The van der Waals surface area contributed by atoms with E-state index in [1.54, 1.807) is 0 Å². The average Bonchev–Trinajstić information content (AvgIpc) is 3.08. The van der Waals surface area contributed by atoms with Crippen molar-refractivity contribution in [2.75, 3.05) is 0 Å². The van der Waals surface area contributed by atoms with Crippen LogP contribution in [-0.2, 0) is 7.05 Å². The maximum atomic E-state index is 6.10. The third kappa shape index (κ3) is 1.90. The first-order valence-corrected chi connectivity index (χ1v) is 6.49. The second-order valence-corrected chi connectivity index (χ2v) is 5.27. The Kier molecular flexibility index (Phi) is 2.63. The highest BCUT2D eigenvalue weighted by atomic mass is 35.5. The SMILES string of the molecule is Cc1nn(C)c(C)c1-c1nc(Cl)cc(C2CC2)n1. The number of nitrogens with zero attached hydrogens (tertiary/aromatic N) is 4. The van der Waals surface area contributed by atoms with E-state index in [9.17, 15) is 0 Å². The molecule has 0 amide bonds. The maximum absolute atomic E-state index is 6.10. The summed E-state index contributed by atoms with van der Waals surface area (Å²) in [6.07, 6.45) is 2.41. The zero-order valence-corrected chi connectivity index (χ0v) is 11.5. The fraction of sp³-hybridized carbons (Fsp3) is 0.462. The minimum atomic E-state index is 0.518. The van der Waals surface area contributed by atoms with Crippen molar-refractivity contribution in [3.8, 4) is 11.4 Å². The van der Waals surface area contributed by atoms with Gasteiger partial charge in [0.15, 0.2) is 5.82 Å². The predicted molar refractivity (Wildman–Crippen MR) is 70.7 cm³/mol. The number of hydrogen-bond donors (Lipinski definition) is 0. The zero-order valence-electron chi connectivity index (χ0n) is 10.7. The van der Waals surface area contributed by atoms with E-state index < -0.39 is 0 Å². The molecule has 0 aliphatic heterocycles. The summed E-state index contributed by atoms with van der Waals surface area (Å²) in [6, 6.07) is 1.88. The molecule has 0 bridgehead atoms. The molecule has 1 aliphatic rings. The Morgan fingerprint density at radius 3 is 2.56 bits per heavy atom. The van der Waals surface area contributed by atoms with Gasteiger partial charge in [0.2, 0.25) is 0 Å². The lowest BCUT2D eigenvalue weighted by Crippen LogP contribution is -1.97. The van der Waals surface area contributed by atoms with Crippen LogP contribution in [0.3, 0.4) is 0 Å². The molecule has 1 aliphatic carbocycles. The lowest BCUT2D eigenvalue weighted by molar-refractivity contribution is 0.731. The average molecular weight is 263 g/mol. The van der Waals surface area contributed by atoms with Crippen molar-refractivity contribution in [1.82, 2.24) is 19.7 Å². The van der Waals surface area contributed by atoms with Gasteiger partial charge >= 0.3 is 0 Å². The number of aryl methyl sites for hydroxylation is 2. The van der Waals surface area contributed by atoms with Crippen LogP contribution in [0.2, 0.25) is 5.15 Å². The Balaban J connectivity index is 2.15. The molecule has 3 rings (SSSR count). The monoisotopic (exact) mass is 262 g/mol. The van der Waals surface area contributed by atoms with Gasteiger partial charge in [-0.05, 0) is 32.8 Å². The lowest BCUT2D eigenvalue weighted by Gasteiger charge is -2.04. The molecule has 2 heterocycles. The molecule has 94 valence electrons. The van der Waals surface area contributed by atoms with E-state index in [0.717, 1.165) is 22.6 Å². The van der Waals surface area contributed by atoms with Gasteiger partial charge < -0.3 is 0 Å². The van der Waals surface area contributed by atoms with Gasteiger partial charge in [0.1, 0.15) is 5.15 Å². The molecule has 5 heteroatoms. The largest absolute Gasteiger partial charge is 0.272 e. The Morgan fingerprint density at radius 2 is 2.00 bits per heavy atom. The van der Waals surface area contributed by atoms with Crippen molar-refractivity contribution < 1.29 is 0 Å². The molecule has 0 atom stereocenters. The van der Waals surface area contributed by atoms with Crippen molar-refractivity contribution in [3.63, 3.8) is 0 Å². The van der Waals surface area contributed by atoms with E-state index in [2.05, 4.69) is 15.1 Å². The normalized spacial score (nSPS) is 15.1. The van der Waals surface area contributed by atoms with Crippen molar-refractivity contribution >= 4 is 11.6 Å². The Labute approximate surface area is 111 Å². The van der Waals surface area contributed by atoms with Gasteiger partial charge in [0.25, 0.3) is 0 Å². The van der Waals surface area contributed by atoms with Gasteiger partial charge in [0.05, 0.1) is 11.3 Å². The summed E-state index contributed by atoms with van der Waals surface area (Å²) >= 11 is 6.10. The highest BCUT2D eigenvalue weighted by Crippen LogP contribution is 2.40. The highest BCUT2D eigenvalue weighted by Gasteiger charge is 2.27. The number of aromatic nitrogens is 4. The summed E-state index contributed by atoms with van der Waals surface area (Å²) in [5, 5.41) is 4.92. The van der Waals surface area contributed by atoms with Gasteiger partial charge in [0, 0.05) is 24.4 Å². The molecule has 1 saturated carbocycles. The molecule has 0 N–H and O–H groups in total. The molecule has 0 radical (unpaired) electrons. The quantitative estimate of drug-likeness (QED) is 0.782. The van der Waals surface area contributed by atoms with Crippen molar-refractivity contribution in [2.45, 2.75) is 32.6 Å². The van der Waals surface area contributed by atoms with Gasteiger partial charge in [-0.3, -0.25) is 4.68 Å². The highest BCUT2D eigenvalue weighted by molar-refractivity contribution is 6.29. The Morgan fingerprint density at radius 1 is 1.28 bits per heavy atom. The topological polar surface area (TPSA) is 43.6 Å². The van der Waals surface area contributed by atoms with Gasteiger partial charge in [-0.15, -0.1) is 0 Å². The van der Waals surface area contributed by atoms with Crippen LogP contribution in [0, 0.1) is 13.8 Å². The molecule has 18 heavy (non-hydrogen) atoms. The van der Waals surface area contributed by atoms with Crippen LogP contribution in [-0.4, -0.2) is 19.7 Å². The first-order valence-electron chi connectivity index (χ1n) is 6.11. The molecule has 0 spiro atoms. The van der Waals surface area contributed by atoms with Gasteiger partial charge in [-0.25, -0.2) is 9.97 Å². The molecule has 0 unspecified atom stereocenters. The summed E-state index contributed by atoms with van der Waals surface area (Å²) in [4.78, 5) is 9.00. The maximum Gasteiger partial charge on any atom is 0.164 e. The van der Waals surface area contributed by atoms with Crippen molar-refractivity contribution in [3.05, 3.63) is 28.3 Å². The van der Waals surface area contributed by atoms with Crippen LogP contribution in [0.5, 0.6) is 0 Å². The van der Waals surface area contributed by atoms with E-state index in [1.165, 1.54) is 12.8 Å². The first kappa shape index (κ1) is 11.7. The molecule has 1 fully saturated rings. The van der Waals surface area contributed by atoms with E-state index >= 15 is 0 Å². The lowest BCUT2D eigenvalue weighted by atomic mass is 10.1. The third-order valence-electron chi connectivity index (χ3n) is 3.44. The van der Waals surface area contributed by atoms with Gasteiger partial charge in [-0.2, -0.15) is 5.10 Å². The van der Waals surface area contributed by atoms with E-state index in [0.29, 0.717) is 16.9 Å². The number of halogens is 1. The van der Waals surface area contributed by atoms with Crippen LogP contribution in [0.25, 0.3) is 11.4 Å². The van der Waals surface area contributed by atoms with E-state index in [4.69, 9.17) is 11.6 Å². The minimum absolute atomic E-state index is 0.518. The first-order chi connectivity index (χ1) is 8.56. The second-order valence-electron chi connectivity index (χ2n) is 4.88. The molecular formula is C13H15ClN4. The zero-order chi connectivity index (χ0) is 12.9. The number of hydrogen-bond acceptors (Lipinski definition) is 3. The molecule has 2 aromatic heterocycles. The fourth-order valence-corrected chi connectivity index (χ4v) is 2.42.